The van der Waals surface area contributed by atoms with Gasteiger partial charge in [0.15, 0.2) is 0 Å². The topological polar surface area (TPSA) is 92.4 Å². The van der Waals surface area contributed by atoms with E-state index in [-0.39, 0.29) is 5.91 Å². The summed E-state index contributed by atoms with van der Waals surface area (Å²) in [5, 5.41) is 12.0. The fraction of sp³-hybridized carbons (Fsp3) is 0.846. The lowest BCUT2D eigenvalue weighted by atomic mass is 9.96. The number of carboxylic acids is 1. The second-order valence-corrected chi connectivity index (χ2v) is 5.36. The summed E-state index contributed by atoms with van der Waals surface area (Å²) in [6, 6.07) is 0. The molecule has 18 heavy (non-hydrogen) atoms. The molecule has 1 fully saturated rings. The Kier molecular flexibility index (Phi) is 5.59. The van der Waals surface area contributed by atoms with Crippen molar-refractivity contribution in [3.05, 3.63) is 0 Å². The van der Waals surface area contributed by atoms with Gasteiger partial charge in [0.2, 0.25) is 5.91 Å². The van der Waals surface area contributed by atoms with E-state index in [9.17, 15) is 14.7 Å². The summed E-state index contributed by atoms with van der Waals surface area (Å²) in [5.41, 5.74) is 4.44. The molecule has 0 aromatic heterocycles. The largest absolute Gasteiger partial charge is 0.480 e. The van der Waals surface area contributed by atoms with Gasteiger partial charge in [-0.25, -0.2) is 4.79 Å². The van der Waals surface area contributed by atoms with Crippen molar-refractivity contribution < 1.29 is 14.7 Å². The predicted octanol–water partition coefficient (Wildman–Crippen LogP) is 1.27. The molecule has 1 unspecified atom stereocenters. The van der Waals surface area contributed by atoms with E-state index < -0.39 is 11.5 Å². The highest BCUT2D eigenvalue weighted by Gasteiger charge is 2.42. The molecule has 1 aliphatic rings. The highest BCUT2D eigenvalue weighted by atomic mass is 16.4. The SMILES string of the molecule is CC(CCN)CCC(=O)NC1(C(=O)O)CCCC1. The molecule has 1 amide bonds. The van der Waals surface area contributed by atoms with Crippen LogP contribution in [0, 0.1) is 5.92 Å². The number of carbonyl (C=O) groups is 2. The van der Waals surface area contributed by atoms with E-state index in [0.29, 0.717) is 31.7 Å². The van der Waals surface area contributed by atoms with E-state index >= 15 is 0 Å². The highest BCUT2D eigenvalue weighted by molar-refractivity contribution is 5.87. The molecule has 5 nitrogen and oxygen atoms in total. The van der Waals surface area contributed by atoms with Crippen LogP contribution in [0.2, 0.25) is 0 Å². The molecule has 0 saturated heterocycles. The van der Waals surface area contributed by atoms with Gasteiger partial charge < -0.3 is 16.2 Å². The molecule has 1 aliphatic carbocycles. The number of amides is 1. The van der Waals surface area contributed by atoms with Crippen molar-refractivity contribution in [1.82, 2.24) is 5.32 Å². The van der Waals surface area contributed by atoms with Gasteiger partial charge in [0, 0.05) is 6.42 Å². The number of aliphatic carboxylic acids is 1. The van der Waals surface area contributed by atoms with Gasteiger partial charge in [-0.1, -0.05) is 19.8 Å². The number of carboxylic acid groups (broad SMARTS) is 1. The van der Waals surface area contributed by atoms with E-state index in [4.69, 9.17) is 5.73 Å². The molecule has 0 aliphatic heterocycles. The standard InChI is InChI=1S/C13H24N2O3/c1-10(6-9-14)4-5-11(16)15-13(12(17)18)7-2-3-8-13/h10H,2-9,14H2,1H3,(H,15,16)(H,17,18). The molecule has 0 radical (unpaired) electrons. The maximum absolute atomic E-state index is 11.8. The van der Waals surface area contributed by atoms with Crippen molar-refractivity contribution in [2.24, 2.45) is 11.7 Å². The van der Waals surface area contributed by atoms with E-state index in [1.165, 1.54) is 0 Å². The van der Waals surface area contributed by atoms with Crippen LogP contribution in [0.5, 0.6) is 0 Å². The molecule has 1 saturated carbocycles. The highest BCUT2D eigenvalue weighted by Crippen LogP contribution is 2.30. The van der Waals surface area contributed by atoms with Crippen LogP contribution in [0.25, 0.3) is 0 Å². The summed E-state index contributed by atoms with van der Waals surface area (Å²) in [7, 11) is 0. The number of rotatable bonds is 7. The summed E-state index contributed by atoms with van der Waals surface area (Å²) >= 11 is 0. The summed E-state index contributed by atoms with van der Waals surface area (Å²) < 4.78 is 0. The Labute approximate surface area is 108 Å². The van der Waals surface area contributed by atoms with Gasteiger partial charge in [0.1, 0.15) is 5.54 Å². The van der Waals surface area contributed by atoms with Crippen LogP contribution in [-0.4, -0.2) is 29.1 Å². The molecule has 1 atom stereocenters. The molecule has 0 aromatic carbocycles. The Bertz CT molecular complexity index is 299. The number of carbonyl (C=O) groups excluding carboxylic acids is 1. The first-order chi connectivity index (χ1) is 8.50. The van der Waals surface area contributed by atoms with Crippen molar-refractivity contribution in [2.75, 3.05) is 6.54 Å². The minimum Gasteiger partial charge on any atom is -0.480 e. The Morgan fingerprint density at radius 1 is 1.33 bits per heavy atom. The lowest BCUT2D eigenvalue weighted by molar-refractivity contribution is -0.147. The first-order valence-corrected chi connectivity index (χ1v) is 6.74. The fourth-order valence-electron chi connectivity index (χ4n) is 2.51. The fourth-order valence-corrected chi connectivity index (χ4v) is 2.51. The Morgan fingerprint density at radius 2 is 1.94 bits per heavy atom. The van der Waals surface area contributed by atoms with Gasteiger partial charge in [0.05, 0.1) is 0 Å². The van der Waals surface area contributed by atoms with Gasteiger partial charge >= 0.3 is 5.97 Å². The van der Waals surface area contributed by atoms with Gasteiger partial charge in [-0.3, -0.25) is 4.79 Å². The molecule has 0 bridgehead atoms. The van der Waals surface area contributed by atoms with Crippen LogP contribution in [-0.2, 0) is 9.59 Å². The third-order valence-electron chi connectivity index (χ3n) is 3.77. The maximum atomic E-state index is 11.8. The minimum atomic E-state index is -1.01. The quantitative estimate of drug-likeness (QED) is 0.639. The van der Waals surface area contributed by atoms with E-state index in [2.05, 4.69) is 12.2 Å². The monoisotopic (exact) mass is 256 g/mol. The number of nitrogens with one attached hydrogen (secondary N) is 1. The van der Waals surface area contributed by atoms with Crippen LogP contribution >= 0.6 is 0 Å². The molecule has 5 heteroatoms. The maximum Gasteiger partial charge on any atom is 0.329 e. The summed E-state index contributed by atoms with van der Waals surface area (Å²) in [4.78, 5) is 23.1. The third kappa shape index (κ3) is 3.98. The zero-order chi connectivity index (χ0) is 13.6. The average Bonchev–Trinajstić information content (AvgIpc) is 2.77. The smallest absolute Gasteiger partial charge is 0.329 e. The first-order valence-electron chi connectivity index (χ1n) is 6.74. The summed E-state index contributed by atoms with van der Waals surface area (Å²) in [5.74, 6) is -0.642. The minimum absolute atomic E-state index is 0.150. The molecule has 0 aromatic rings. The third-order valence-corrected chi connectivity index (χ3v) is 3.77. The molecule has 0 spiro atoms. The number of nitrogens with two attached hydrogens (primary N) is 1. The van der Waals surface area contributed by atoms with E-state index in [1.54, 1.807) is 0 Å². The zero-order valence-corrected chi connectivity index (χ0v) is 11.1. The molecular formula is C13H24N2O3. The normalized spacial score (nSPS) is 19.4. The van der Waals surface area contributed by atoms with Gasteiger partial charge in [-0.2, -0.15) is 0 Å². The molecule has 0 heterocycles. The lowest BCUT2D eigenvalue weighted by Gasteiger charge is -2.25. The molecule has 4 N–H and O–H groups in total. The zero-order valence-electron chi connectivity index (χ0n) is 11.1. The second-order valence-electron chi connectivity index (χ2n) is 5.36. The van der Waals surface area contributed by atoms with Crippen molar-refractivity contribution in [3.8, 4) is 0 Å². The molecule has 1 rings (SSSR count). The van der Waals surface area contributed by atoms with Crippen molar-refractivity contribution in [3.63, 3.8) is 0 Å². The Morgan fingerprint density at radius 3 is 2.44 bits per heavy atom. The van der Waals surface area contributed by atoms with Gasteiger partial charge in [-0.15, -0.1) is 0 Å². The Balaban J connectivity index is 2.41. The van der Waals surface area contributed by atoms with Crippen LogP contribution in [0.1, 0.15) is 51.9 Å². The summed E-state index contributed by atoms with van der Waals surface area (Å²) in [6.45, 7) is 2.69. The average molecular weight is 256 g/mol. The Hall–Kier alpha value is -1.10. The number of hydrogen-bond donors (Lipinski definition) is 3. The van der Waals surface area contributed by atoms with Crippen molar-refractivity contribution >= 4 is 11.9 Å². The molecule has 104 valence electrons. The molecular weight excluding hydrogens is 232 g/mol. The van der Waals surface area contributed by atoms with Crippen LogP contribution in [0.3, 0.4) is 0 Å². The van der Waals surface area contributed by atoms with Crippen molar-refractivity contribution in [2.45, 2.75) is 57.4 Å². The first kappa shape index (κ1) is 15.0. The lowest BCUT2D eigenvalue weighted by Crippen LogP contribution is -2.52. The second kappa shape index (κ2) is 6.73. The number of hydrogen-bond acceptors (Lipinski definition) is 3. The van der Waals surface area contributed by atoms with Gasteiger partial charge in [-0.05, 0) is 38.1 Å². The van der Waals surface area contributed by atoms with Gasteiger partial charge in [0.25, 0.3) is 0 Å². The van der Waals surface area contributed by atoms with Crippen LogP contribution in [0.4, 0.5) is 0 Å². The van der Waals surface area contributed by atoms with E-state index in [0.717, 1.165) is 25.7 Å². The van der Waals surface area contributed by atoms with Crippen molar-refractivity contribution in [1.29, 1.82) is 0 Å². The predicted molar refractivity (Wildman–Crippen MR) is 69.0 cm³/mol. The van der Waals surface area contributed by atoms with Crippen LogP contribution in [0.15, 0.2) is 0 Å². The van der Waals surface area contributed by atoms with E-state index in [1.807, 2.05) is 0 Å². The van der Waals surface area contributed by atoms with Crippen LogP contribution < -0.4 is 11.1 Å². The summed E-state index contributed by atoms with van der Waals surface area (Å²) in [6.07, 6.45) is 4.89.